The van der Waals surface area contributed by atoms with Gasteiger partial charge in [-0.25, -0.2) is 4.79 Å². The molecule has 1 atom stereocenters. The van der Waals surface area contributed by atoms with Crippen molar-refractivity contribution in [3.8, 4) is 0 Å². The molecule has 1 fully saturated rings. The van der Waals surface area contributed by atoms with E-state index in [4.69, 9.17) is 0 Å². The van der Waals surface area contributed by atoms with Crippen molar-refractivity contribution in [2.75, 3.05) is 11.9 Å². The third-order valence-electron chi connectivity index (χ3n) is 4.77. The Morgan fingerprint density at radius 3 is 2.54 bits per heavy atom. The van der Waals surface area contributed by atoms with Crippen molar-refractivity contribution in [2.24, 2.45) is 0 Å². The Kier molecular flexibility index (Phi) is 5.84. The van der Waals surface area contributed by atoms with Gasteiger partial charge in [-0.2, -0.15) is 0 Å². The van der Waals surface area contributed by atoms with E-state index in [1.807, 2.05) is 56.3 Å². The molecule has 3 rings (SSSR count). The Hall–Kier alpha value is -2.67. The summed E-state index contributed by atoms with van der Waals surface area (Å²) in [6, 6.07) is 14.1. The number of carbonyl (C=O) groups excluding carboxylic acids is 3. The van der Waals surface area contributed by atoms with E-state index in [0.717, 1.165) is 20.5 Å². The first-order chi connectivity index (χ1) is 13.4. The molecule has 1 aliphatic rings. The van der Waals surface area contributed by atoms with Gasteiger partial charge in [0.25, 0.3) is 5.91 Å². The van der Waals surface area contributed by atoms with E-state index < -0.39 is 23.4 Å². The van der Waals surface area contributed by atoms with E-state index in [1.54, 1.807) is 6.07 Å². The third kappa shape index (κ3) is 3.80. The first-order valence-corrected chi connectivity index (χ1v) is 9.92. The number of halogens is 1. The number of nitrogens with zero attached hydrogens (tertiary/aromatic N) is 1. The van der Waals surface area contributed by atoms with E-state index in [2.05, 4.69) is 26.6 Å². The SMILES string of the molecule is CCC[C@]1(c2ccccc2)NC(=O)N(CC(=O)Nc2ccc(C)cc2Br)C1=O. The van der Waals surface area contributed by atoms with E-state index >= 15 is 0 Å². The van der Waals surface area contributed by atoms with Crippen molar-refractivity contribution in [2.45, 2.75) is 32.2 Å². The van der Waals surface area contributed by atoms with Crippen molar-refractivity contribution in [3.63, 3.8) is 0 Å². The number of anilines is 1. The molecule has 0 spiro atoms. The van der Waals surface area contributed by atoms with Gasteiger partial charge in [0.05, 0.1) is 5.69 Å². The lowest BCUT2D eigenvalue weighted by Gasteiger charge is -2.26. The standard InChI is InChI=1S/C21H22BrN3O3/c1-3-11-21(15-7-5-4-6-8-15)19(27)25(20(28)24-21)13-18(26)23-17-10-9-14(2)12-16(17)22/h4-10,12H,3,11,13H2,1-2H3,(H,23,26)(H,24,28)/t21-/m1/s1. The smallest absolute Gasteiger partial charge is 0.323 e. The maximum Gasteiger partial charge on any atom is 0.325 e. The van der Waals surface area contributed by atoms with Crippen LogP contribution in [0.1, 0.15) is 30.9 Å². The predicted molar refractivity (Wildman–Crippen MR) is 111 cm³/mol. The first-order valence-electron chi connectivity index (χ1n) is 9.13. The van der Waals surface area contributed by atoms with Crippen LogP contribution in [0.15, 0.2) is 53.0 Å². The normalized spacial score (nSPS) is 18.9. The Morgan fingerprint density at radius 1 is 1.18 bits per heavy atom. The molecule has 0 aliphatic carbocycles. The zero-order valence-corrected chi connectivity index (χ0v) is 17.4. The molecular formula is C21H22BrN3O3. The van der Waals surface area contributed by atoms with Crippen molar-refractivity contribution in [3.05, 3.63) is 64.1 Å². The topological polar surface area (TPSA) is 78.5 Å². The van der Waals surface area contributed by atoms with Crippen molar-refractivity contribution >= 4 is 39.5 Å². The van der Waals surface area contributed by atoms with Crippen LogP contribution in [0.4, 0.5) is 10.5 Å². The van der Waals surface area contributed by atoms with Crippen LogP contribution in [0.5, 0.6) is 0 Å². The molecule has 2 N–H and O–H groups in total. The summed E-state index contributed by atoms with van der Waals surface area (Å²) in [7, 11) is 0. The number of imide groups is 1. The molecule has 2 aromatic carbocycles. The number of amides is 4. The molecular weight excluding hydrogens is 422 g/mol. The summed E-state index contributed by atoms with van der Waals surface area (Å²) in [6.45, 7) is 3.55. The van der Waals surface area contributed by atoms with Crippen LogP contribution >= 0.6 is 15.9 Å². The summed E-state index contributed by atoms with van der Waals surface area (Å²) >= 11 is 3.41. The summed E-state index contributed by atoms with van der Waals surface area (Å²) in [5.41, 5.74) is 1.23. The molecule has 7 heteroatoms. The Bertz CT molecular complexity index is 916. The van der Waals surface area contributed by atoms with Gasteiger partial charge in [0.2, 0.25) is 5.91 Å². The zero-order chi connectivity index (χ0) is 20.3. The lowest BCUT2D eigenvalue weighted by Crippen LogP contribution is -2.44. The third-order valence-corrected chi connectivity index (χ3v) is 5.42. The minimum Gasteiger partial charge on any atom is -0.323 e. The van der Waals surface area contributed by atoms with Crippen molar-refractivity contribution in [1.82, 2.24) is 10.2 Å². The maximum absolute atomic E-state index is 13.2. The minimum atomic E-state index is -1.13. The number of benzene rings is 2. The second kappa shape index (κ2) is 8.14. The molecule has 0 saturated carbocycles. The van der Waals surface area contributed by atoms with E-state index in [-0.39, 0.29) is 6.54 Å². The summed E-state index contributed by atoms with van der Waals surface area (Å²) in [5, 5.41) is 5.57. The molecule has 146 valence electrons. The maximum atomic E-state index is 13.2. The van der Waals surface area contributed by atoms with E-state index in [9.17, 15) is 14.4 Å². The summed E-state index contributed by atoms with van der Waals surface area (Å²) in [4.78, 5) is 39.2. The van der Waals surface area contributed by atoms with Gasteiger partial charge in [-0.05, 0) is 52.5 Å². The quantitative estimate of drug-likeness (QED) is 0.663. The Balaban J connectivity index is 1.80. The van der Waals surface area contributed by atoms with Crippen LogP contribution in [-0.4, -0.2) is 29.3 Å². The fourth-order valence-corrected chi connectivity index (χ4v) is 4.02. The van der Waals surface area contributed by atoms with Crippen molar-refractivity contribution < 1.29 is 14.4 Å². The summed E-state index contributed by atoms with van der Waals surface area (Å²) in [5.74, 6) is -0.836. The lowest BCUT2D eigenvalue weighted by molar-refractivity contribution is -0.134. The van der Waals surface area contributed by atoms with Crippen LogP contribution in [0.2, 0.25) is 0 Å². The molecule has 4 amide bonds. The van der Waals surface area contributed by atoms with Gasteiger partial charge >= 0.3 is 6.03 Å². The number of nitrogens with one attached hydrogen (secondary N) is 2. The molecule has 0 bridgehead atoms. The molecule has 0 aromatic heterocycles. The zero-order valence-electron chi connectivity index (χ0n) is 15.8. The Labute approximate surface area is 172 Å². The van der Waals surface area contributed by atoms with Crippen LogP contribution < -0.4 is 10.6 Å². The largest absolute Gasteiger partial charge is 0.325 e. The van der Waals surface area contributed by atoms with Gasteiger partial charge in [0.15, 0.2) is 0 Å². The molecule has 28 heavy (non-hydrogen) atoms. The average molecular weight is 444 g/mol. The van der Waals surface area contributed by atoms with Gasteiger partial charge in [-0.15, -0.1) is 0 Å². The second-order valence-corrected chi connectivity index (χ2v) is 7.73. The highest BCUT2D eigenvalue weighted by atomic mass is 79.9. The average Bonchev–Trinajstić information content (AvgIpc) is 2.90. The number of rotatable bonds is 6. The summed E-state index contributed by atoms with van der Waals surface area (Å²) < 4.78 is 0.739. The minimum absolute atomic E-state index is 0.344. The highest BCUT2D eigenvalue weighted by Crippen LogP contribution is 2.33. The molecule has 0 unspecified atom stereocenters. The Morgan fingerprint density at radius 2 is 1.89 bits per heavy atom. The molecule has 0 radical (unpaired) electrons. The van der Waals surface area contributed by atoms with Gasteiger partial charge in [0, 0.05) is 4.47 Å². The molecule has 2 aromatic rings. The van der Waals surface area contributed by atoms with Crippen LogP contribution in [-0.2, 0) is 15.1 Å². The van der Waals surface area contributed by atoms with Crippen LogP contribution in [0.3, 0.4) is 0 Å². The monoisotopic (exact) mass is 443 g/mol. The molecule has 1 heterocycles. The van der Waals surface area contributed by atoms with E-state index in [1.165, 1.54) is 0 Å². The van der Waals surface area contributed by atoms with E-state index in [0.29, 0.717) is 18.5 Å². The fourth-order valence-electron chi connectivity index (χ4n) is 3.43. The van der Waals surface area contributed by atoms with Gasteiger partial charge in [-0.3, -0.25) is 14.5 Å². The lowest BCUT2D eigenvalue weighted by atomic mass is 9.85. The number of carbonyl (C=O) groups is 3. The predicted octanol–water partition coefficient (Wildman–Crippen LogP) is 3.94. The number of urea groups is 1. The van der Waals surface area contributed by atoms with Crippen molar-refractivity contribution in [1.29, 1.82) is 0 Å². The van der Waals surface area contributed by atoms with Crippen LogP contribution in [0, 0.1) is 6.92 Å². The fraction of sp³-hybridized carbons (Fsp3) is 0.286. The molecule has 1 aliphatic heterocycles. The van der Waals surface area contributed by atoms with Gasteiger partial charge in [-0.1, -0.05) is 49.7 Å². The van der Waals surface area contributed by atoms with Crippen LogP contribution in [0.25, 0.3) is 0 Å². The highest BCUT2D eigenvalue weighted by Gasteiger charge is 2.52. The summed E-state index contributed by atoms with van der Waals surface area (Å²) in [6.07, 6.45) is 1.17. The van der Waals surface area contributed by atoms with Gasteiger partial charge < -0.3 is 10.6 Å². The number of aryl methyl sites for hydroxylation is 1. The molecule has 6 nitrogen and oxygen atoms in total. The number of hydrogen-bond donors (Lipinski definition) is 2. The molecule has 1 saturated heterocycles. The number of hydrogen-bond acceptors (Lipinski definition) is 3. The second-order valence-electron chi connectivity index (χ2n) is 6.87. The highest BCUT2D eigenvalue weighted by molar-refractivity contribution is 9.10. The van der Waals surface area contributed by atoms with Gasteiger partial charge in [0.1, 0.15) is 12.1 Å². The first kappa shape index (κ1) is 20.1.